The van der Waals surface area contributed by atoms with Gasteiger partial charge in [-0.25, -0.2) is 14.6 Å². The van der Waals surface area contributed by atoms with Gasteiger partial charge in [-0.15, -0.1) is 12.3 Å². The highest BCUT2D eigenvalue weighted by atomic mass is 16.5. The number of carbonyl (C=O) groups excluding carboxylic acids is 1. The van der Waals surface area contributed by atoms with Gasteiger partial charge in [0.05, 0.1) is 7.11 Å². The van der Waals surface area contributed by atoms with Gasteiger partial charge >= 0.3 is 11.9 Å². The first kappa shape index (κ1) is 13.5. The molecule has 1 atom stereocenters. The number of pyridine rings is 1. The Morgan fingerprint density at radius 2 is 2.39 bits per heavy atom. The molecule has 0 radical (unpaired) electrons. The molecule has 0 saturated heterocycles. The molecule has 6 nitrogen and oxygen atoms in total. The standard InChI is InChI=1S/C12H12N2O4/c1-3-4-9(11(15)16)14-8-5-6-13-10(7-8)12(17)18-2/h1,5-7,9H,4H2,2H3,(H,13,14)(H,15,16). The van der Waals surface area contributed by atoms with Crippen LogP contribution in [0.3, 0.4) is 0 Å². The number of esters is 1. The average molecular weight is 248 g/mol. The molecule has 0 fully saturated rings. The van der Waals surface area contributed by atoms with Crippen molar-refractivity contribution >= 4 is 17.6 Å². The van der Waals surface area contributed by atoms with E-state index < -0.39 is 18.0 Å². The van der Waals surface area contributed by atoms with Crippen LogP contribution in [-0.4, -0.2) is 35.2 Å². The number of carboxylic acid groups (broad SMARTS) is 1. The zero-order valence-electron chi connectivity index (χ0n) is 9.71. The molecule has 1 aromatic heterocycles. The van der Waals surface area contributed by atoms with E-state index >= 15 is 0 Å². The van der Waals surface area contributed by atoms with Crippen LogP contribution in [0.25, 0.3) is 0 Å². The number of carboxylic acids is 1. The number of aliphatic carboxylic acids is 1. The van der Waals surface area contributed by atoms with Gasteiger partial charge in [-0.05, 0) is 12.1 Å². The number of hydrogen-bond acceptors (Lipinski definition) is 5. The van der Waals surface area contributed by atoms with E-state index in [4.69, 9.17) is 11.5 Å². The maximum absolute atomic E-state index is 11.2. The van der Waals surface area contributed by atoms with Crippen LogP contribution in [-0.2, 0) is 9.53 Å². The van der Waals surface area contributed by atoms with E-state index in [9.17, 15) is 9.59 Å². The summed E-state index contributed by atoms with van der Waals surface area (Å²) in [6.45, 7) is 0. The van der Waals surface area contributed by atoms with Crippen molar-refractivity contribution in [3.8, 4) is 12.3 Å². The van der Waals surface area contributed by atoms with Gasteiger partial charge in [0, 0.05) is 18.3 Å². The van der Waals surface area contributed by atoms with Gasteiger partial charge in [0.1, 0.15) is 11.7 Å². The molecular weight excluding hydrogens is 236 g/mol. The van der Waals surface area contributed by atoms with Gasteiger partial charge in [0.25, 0.3) is 0 Å². The fourth-order valence-corrected chi connectivity index (χ4v) is 1.26. The molecule has 0 bridgehead atoms. The first-order chi connectivity index (χ1) is 8.58. The summed E-state index contributed by atoms with van der Waals surface area (Å²) in [4.78, 5) is 26.0. The second-order valence-electron chi connectivity index (χ2n) is 3.36. The van der Waals surface area contributed by atoms with Gasteiger partial charge < -0.3 is 15.2 Å². The number of nitrogens with one attached hydrogen (secondary N) is 1. The van der Waals surface area contributed by atoms with Crippen LogP contribution in [0.2, 0.25) is 0 Å². The van der Waals surface area contributed by atoms with Gasteiger partial charge in [0.2, 0.25) is 0 Å². The number of terminal acetylenes is 1. The summed E-state index contributed by atoms with van der Waals surface area (Å²) in [5.41, 5.74) is 0.528. The van der Waals surface area contributed by atoms with E-state index in [1.807, 2.05) is 0 Å². The average Bonchev–Trinajstić information content (AvgIpc) is 2.37. The molecule has 0 aliphatic rings. The van der Waals surface area contributed by atoms with E-state index in [-0.39, 0.29) is 12.1 Å². The quantitative estimate of drug-likeness (QED) is 0.590. The van der Waals surface area contributed by atoms with Gasteiger partial charge in [-0.2, -0.15) is 0 Å². The highest BCUT2D eigenvalue weighted by Gasteiger charge is 2.16. The maximum Gasteiger partial charge on any atom is 0.356 e. The van der Waals surface area contributed by atoms with E-state index in [1.54, 1.807) is 6.07 Å². The Hall–Kier alpha value is -2.55. The van der Waals surface area contributed by atoms with Crippen LogP contribution < -0.4 is 5.32 Å². The Morgan fingerprint density at radius 1 is 1.67 bits per heavy atom. The molecule has 2 N–H and O–H groups in total. The summed E-state index contributed by atoms with van der Waals surface area (Å²) < 4.78 is 4.51. The number of methoxy groups -OCH3 is 1. The van der Waals surface area contributed by atoms with Gasteiger partial charge in [-0.3, -0.25) is 0 Å². The monoisotopic (exact) mass is 248 g/mol. The molecule has 1 rings (SSSR count). The molecule has 0 saturated carbocycles. The van der Waals surface area contributed by atoms with Crippen LogP contribution in [0, 0.1) is 12.3 Å². The molecule has 94 valence electrons. The number of anilines is 1. The van der Waals surface area contributed by atoms with Crippen LogP contribution >= 0.6 is 0 Å². The van der Waals surface area contributed by atoms with Crippen molar-refractivity contribution in [2.24, 2.45) is 0 Å². The van der Waals surface area contributed by atoms with E-state index in [0.29, 0.717) is 5.69 Å². The third kappa shape index (κ3) is 3.49. The predicted octanol–water partition coefficient (Wildman–Crippen LogP) is 0.757. The summed E-state index contributed by atoms with van der Waals surface area (Å²) in [5, 5.41) is 11.6. The summed E-state index contributed by atoms with van der Waals surface area (Å²) >= 11 is 0. The van der Waals surface area contributed by atoms with Crippen molar-refractivity contribution in [3.63, 3.8) is 0 Å². The Balaban J connectivity index is 2.87. The van der Waals surface area contributed by atoms with Crippen LogP contribution in [0.1, 0.15) is 16.9 Å². The molecule has 0 aromatic carbocycles. The molecule has 1 unspecified atom stereocenters. The molecule has 0 aliphatic heterocycles. The molecule has 0 aliphatic carbocycles. The van der Waals surface area contributed by atoms with Crippen molar-refractivity contribution < 1.29 is 19.4 Å². The molecule has 0 spiro atoms. The lowest BCUT2D eigenvalue weighted by atomic mass is 10.2. The lowest BCUT2D eigenvalue weighted by Crippen LogP contribution is -2.28. The fourth-order valence-electron chi connectivity index (χ4n) is 1.26. The zero-order valence-corrected chi connectivity index (χ0v) is 9.71. The van der Waals surface area contributed by atoms with Crippen LogP contribution in [0.5, 0.6) is 0 Å². The lowest BCUT2D eigenvalue weighted by Gasteiger charge is -2.13. The number of ether oxygens (including phenoxy) is 1. The van der Waals surface area contributed by atoms with Gasteiger partial charge in [0.15, 0.2) is 0 Å². The largest absolute Gasteiger partial charge is 0.480 e. The Bertz CT molecular complexity index is 493. The van der Waals surface area contributed by atoms with Crippen molar-refractivity contribution in [2.45, 2.75) is 12.5 Å². The molecule has 6 heteroatoms. The van der Waals surface area contributed by atoms with Crippen molar-refractivity contribution in [1.29, 1.82) is 0 Å². The molecular formula is C12H12N2O4. The van der Waals surface area contributed by atoms with Crippen LogP contribution in [0.15, 0.2) is 18.3 Å². The molecule has 18 heavy (non-hydrogen) atoms. The second kappa shape index (κ2) is 6.25. The summed E-state index contributed by atoms with van der Waals surface area (Å²) in [6, 6.07) is 2.03. The fraction of sp³-hybridized carbons (Fsp3) is 0.250. The summed E-state index contributed by atoms with van der Waals surface area (Å²) in [7, 11) is 1.24. The maximum atomic E-state index is 11.2. The van der Waals surface area contributed by atoms with Crippen molar-refractivity contribution in [1.82, 2.24) is 4.98 Å². The number of nitrogens with zero attached hydrogens (tertiary/aromatic N) is 1. The SMILES string of the molecule is C#CCC(Nc1ccnc(C(=O)OC)c1)C(=O)O. The predicted molar refractivity (Wildman–Crippen MR) is 64.1 cm³/mol. The van der Waals surface area contributed by atoms with E-state index in [0.717, 1.165) is 0 Å². The minimum Gasteiger partial charge on any atom is -0.480 e. The van der Waals surface area contributed by atoms with E-state index in [1.165, 1.54) is 19.4 Å². The summed E-state index contributed by atoms with van der Waals surface area (Å²) in [5.74, 6) is 0.607. The minimum atomic E-state index is -1.07. The summed E-state index contributed by atoms with van der Waals surface area (Å²) in [6.07, 6.45) is 6.49. The van der Waals surface area contributed by atoms with Crippen LogP contribution in [0.4, 0.5) is 5.69 Å². The molecule has 1 heterocycles. The molecule has 1 aromatic rings. The highest BCUT2D eigenvalue weighted by Crippen LogP contribution is 2.11. The van der Waals surface area contributed by atoms with Crippen molar-refractivity contribution in [3.05, 3.63) is 24.0 Å². The Kier molecular flexibility index (Phi) is 4.69. The first-order valence-electron chi connectivity index (χ1n) is 5.05. The van der Waals surface area contributed by atoms with Crippen molar-refractivity contribution in [2.75, 3.05) is 12.4 Å². The third-order valence-corrected chi connectivity index (χ3v) is 2.12. The lowest BCUT2D eigenvalue weighted by molar-refractivity contribution is -0.137. The highest BCUT2D eigenvalue weighted by molar-refractivity contribution is 5.88. The third-order valence-electron chi connectivity index (χ3n) is 2.12. The second-order valence-corrected chi connectivity index (χ2v) is 3.36. The topological polar surface area (TPSA) is 88.5 Å². The smallest absolute Gasteiger partial charge is 0.356 e. The molecule has 0 amide bonds. The van der Waals surface area contributed by atoms with E-state index in [2.05, 4.69) is 21.0 Å². The Morgan fingerprint density at radius 3 is 2.94 bits per heavy atom. The number of carbonyl (C=O) groups is 2. The Labute approximate surface area is 104 Å². The minimum absolute atomic E-state index is 0.0330. The first-order valence-corrected chi connectivity index (χ1v) is 5.05. The number of hydrogen-bond donors (Lipinski definition) is 2. The number of aromatic nitrogens is 1. The normalized spacial score (nSPS) is 11.1. The van der Waals surface area contributed by atoms with Gasteiger partial charge in [-0.1, -0.05) is 0 Å². The zero-order chi connectivity index (χ0) is 13.5. The number of rotatable bonds is 5.